The number of aliphatic hydroxyl groups excluding tert-OH is 1. The van der Waals surface area contributed by atoms with E-state index in [1.807, 2.05) is 13.8 Å². The van der Waals surface area contributed by atoms with Gasteiger partial charge in [-0.2, -0.15) is 0 Å². The average Bonchev–Trinajstić information content (AvgIpc) is 2.16. The lowest BCUT2D eigenvalue weighted by molar-refractivity contribution is -0.126. The molecule has 2 heteroatoms. The van der Waals surface area contributed by atoms with Crippen molar-refractivity contribution in [2.75, 3.05) is 6.61 Å². The molecular formula is C12H26O2. The SMILES string of the molecule is CCCCCCCCOC(O)C(C)C. The molecule has 0 aromatic rings. The molecule has 0 aromatic carbocycles. The molecule has 0 saturated heterocycles. The molecule has 0 aliphatic heterocycles. The van der Waals surface area contributed by atoms with Crippen molar-refractivity contribution < 1.29 is 9.84 Å². The van der Waals surface area contributed by atoms with E-state index in [9.17, 15) is 5.11 Å². The highest BCUT2D eigenvalue weighted by molar-refractivity contribution is 4.48. The van der Waals surface area contributed by atoms with Crippen LogP contribution in [0, 0.1) is 5.92 Å². The summed E-state index contributed by atoms with van der Waals surface area (Å²) in [4.78, 5) is 0. The van der Waals surface area contributed by atoms with Gasteiger partial charge in [0, 0.05) is 12.5 Å². The molecule has 86 valence electrons. The second kappa shape index (κ2) is 9.47. The molecular weight excluding hydrogens is 176 g/mol. The van der Waals surface area contributed by atoms with Crippen LogP contribution >= 0.6 is 0 Å². The van der Waals surface area contributed by atoms with E-state index in [2.05, 4.69) is 6.92 Å². The third-order valence-electron chi connectivity index (χ3n) is 2.36. The summed E-state index contributed by atoms with van der Waals surface area (Å²) >= 11 is 0. The Morgan fingerprint density at radius 1 is 1.00 bits per heavy atom. The highest BCUT2D eigenvalue weighted by atomic mass is 16.6. The minimum atomic E-state index is -0.578. The Balaban J connectivity index is 3.06. The quantitative estimate of drug-likeness (QED) is 0.459. The molecule has 0 aromatic heterocycles. The van der Waals surface area contributed by atoms with Gasteiger partial charge in [-0.15, -0.1) is 0 Å². The van der Waals surface area contributed by atoms with Crippen molar-refractivity contribution in [3.8, 4) is 0 Å². The summed E-state index contributed by atoms with van der Waals surface area (Å²) in [5, 5.41) is 9.34. The van der Waals surface area contributed by atoms with E-state index in [-0.39, 0.29) is 5.92 Å². The fraction of sp³-hybridized carbons (Fsp3) is 1.00. The Morgan fingerprint density at radius 3 is 2.14 bits per heavy atom. The lowest BCUT2D eigenvalue weighted by Gasteiger charge is -2.14. The van der Waals surface area contributed by atoms with Gasteiger partial charge in [0.1, 0.15) is 0 Å². The second-order valence-corrected chi connectivity index (χ2v) is 4.27. The van der Waals surface area contributed by atoms with Crippen LogP contribution in [-0.4, -0.2) is 18.0 Å². The summed E-state index contributed by atoms with van der Waals surface area (Å²) in [6.45, 7) is 6.85. The number of aliphatic hydroxyl groups is 1. The van der Waals surface area contributed by atoms with Crippen molar-refractivity contribution >= 4 is 0 Å². The highest BCUT2D eigenvalue weighted by Crippen LogP contribution is 2.07. The molecule has 1 atom stereocenters. The van der Waals surface area contributed by atoms with Crippen molar-refractivity contribution in [2.24, 2.45) is 5.92 Å². The molecule has 2 nitrogen and oxygen atoms in total. The minimum absolute atomic E-state index is 0.204. The molecule has 1 unspecified atom stereocenters. The summed E-state index contributed by atoms with van der Waals surface area (Å²) in [5.74, 6) is 0.204. The number of ether oxygens (including phenoxy) is 1. The van der Waals surface area contributed by atoms with Crippen molar-refractivity contribution in [3.63, 3.8) is 0 Å². The van der Waals surface area contributed by atoms with Crippen LogP contribution in [0.15, 0.2) is 0 Å². The first-order valence-electron chi connectivity index (χ1n) is 5.98. The fourth-order valence-corrected chi connectivity index (χ4v) is 1.28. The molecule has 14 heavy (non-hydrogen) atoms. The lowest BCUT2D eigenvalue weighted by Crippen LogP contribution is -2.19. The summed E-state index contributed by atoms with van der Waals surface area (Å²) in [6.07, 6.45) is 7.00. The van der Waals surface area contributed by atoms with E-state index < -0.39 is 6.29 Å². The van der Waals surface area contributed by atoms with Crippen LogP contribution in [0.4, 0.5) is 0 Å². The molecule has 1 N–H and O–H groups in total. The number of hydrogen-bond donors (Lipinski definition) is 1. The number of hydrogen-bond acceptors (Lipinski definition) is 2. The molecule has 0 bridgehead atoms. The van der Waals surface area contributed by atoms with Crippen LogP contribution in [0.3, 0.4) is 0 Å². The van der Waals surface area contributed by atoms with Crippen molar-refractivity contribution in [1.82, 2.24) is 0 Å². The van der Waals surface area contributed by atoms with Gasteiger partial charge in [-0.05, 0) is 6.42 Å². The Labute approximate surface area is 88.7 Å². The van der Waals surface area contributed by atoms with Gasteiger partial charge in [-0.25, -0.2) is 0 Å². The Bertz CT molecular complexity index is 113. The molecule has 0 aliphatic carbocycles. The monoisotopic (exact) mass is 202 g/mol. The molecule has 0 fully saturated rings. The van der Waals surface area contributed by atoms with Gasteiger partial charge in [0.05, 0.1) is 0 Å². The largest absolute Gasteiger partial charge is 0.368 e. The topological polar surface area (TPSA) is 29.5 Å². The van der Waals surface area contributed by atoms with Crippen LogP contribution < -0.4 is 0 Å². The van der Waals surface area contributed by atoms with Gasteiger partial charge in [-0.1, -0.05) is 52.9 Å². The van der Waals surface area contributed by atoms with Crippen molar-refractivity contribution in [3.05, 3.63) is 0 Å². The lowest BCUT2D eigenvalue weighted by atomic mass is 10.1. The van der Waals surface area contributed by atoms with Gasteiger partial charge in [0.2, 0.25) is 0 Å². The maximum Gasteiger partial charge on any atom is 0.156 e. The van der Waals surface area contributed by atoms with Crippen LogP contribution in [0.25, 0.3) is 0 Å². The number of unbranched alkanes of at least 4 members (excludes halogenated alkanes) is 5. The van der Waals surface area contributed by atoms with Crippen LogP contribution in [0.1, 0.15) is 59.3 Å². The minimum Gasteiger partial charge on any atom is -0.368 e. The summed E-state index contributed by atoms with van der Waals surface area (Å²) < 4.78 is 5.27. The first kappa shape index (κ1) is 13.9. The Hall–Kier alpha value is -0.0800. The average molecular weight is 202 g/mol. The Morgan fingerprint density at radius 2 is 1.57 bits per heavy atom. The van der Waals surface area contributed by atoms with E-state index >= 15 is 0 Å². The third-order valence-corrected chi connectivity index (χ3v) is 2.36. The number of rotatable bonds is 9. The van der Waals surface area contributed by atoms with E-state index in [0.29, 0.717) is 6.61 Å². The summed E-state index contributed by atoms with van der Waals surface area (Å²) in [6, 6.07) is 0. The summed E-state index contributed by atoms with van der Waals surface area (Å²) in [7, 11) is 0. The van der Waals surface area contributed by atoms with E-state index in [0.717, 1.165) is 6.42 Å². The molecule has 0 saturated carbocycles. The highest BCUT2D eigenvalue weighted by Gasteiger charge is 2.07. The zero-order valence-corrected chi connectivity index (χ0v) is 9.96. The maximum absolute atomic E-state index is 9.34. The first-order chi connectivity index (χ1) is 6.68. The normalized spacial score (nSPS) is 13.5. The van der Waals surface area contributed by atoms with E-state index in [1.165, 1.54) is 32.1 Å². The second-order valence-electron chi connectivity index (χ2n) is 4.27. The van der Waals surface area contributed by atoms with Crippen molar-refractivity contribution in [2.45, 2.75) is 65.6 Å². The summed E-state index contributed by atoms with van der Waals surface area (Å²) in [5.41, 5.74) is 0. The smallest absolute Gasteiger partial charge is 0.156 e. The zero-order valence-electron chi connectivity index (χ0n) is 9.96. The predicted octanol–water partition coefficient (Wildman–Crippen LogP) is 3.34. The van der Waals surface area contributed by atoms with Gasteiger partial charge in [0.15, 0.2) is 6.29 Å². The fourth-order valence-electron chi connectivity index (χ4n) is 1.28. The van der Waals surface area contributed by atoms with Crippen LogP contribution in [0.5, 0.6) is 0 Å². The molecule has 0 spiro atoms. The van der Waals surface area contributed by atoms with Gasteiger partial charge < -0.3 is 9.84 Å². The standard InChI is InChI=1S/C12H26O2/c1-4-5-6-7-8-9-10-14-12(13)11(2)3/h11-13H,4-10H2,1-3H3. The van der Waals surface area contributed by atoms with Gasteiger partial charge in [-0.3, -0.25) is 0 Å². The van der Waals surface area contributed by atoms with E-state index in [4.69, 9.17) is 4.74 Å². The molecule has 0 amide bonds. The van der Waals surface area contributed by atoms with Crippen molar-refractivity contribution in [1.29, 1.82) is 0 Å². The third kappa shape index (κ3) is 8.52. The molecule has 0 heterocycles. The molecule has 0 radical (unpaired) electrons. The first-order valence-corrected chi connectivity index (χ1v) is 5.98. The van der Waals surface area contributed by atoms with Gasteiger partial charge in [0.25, 0.3) is 0 Å². The zero-order chi connectivity index (χ0) is 10.8. The van der Waals surface area contributed by atoms with E-state index in [1.54, 1.807) is 0 Å². The maximum atomic E-state index is 9.34. The molecule has 0 rings (SSSR count). The van der Waals surface area contributed by atoms with Gasteiger partial charge >= 0.3 is 0 Å². The predicted molar refractivity (Wildman–Crippen MR) is 60.2 cm³/mol. The molecule has 0 aliphatic rings. The Kier molecular flexibility index (Phi) is 9.42. The van der Waals surface area contributed by atoms with Crippen LogP contribution in [-0.2, 0) is 4.74 Å². The van der Waals surface area contributed by atoms with Crippen LogP contribution in [0.2, 0.25) is 0 Å².